The number of anilines is 1. The zero-order chi connectivity index (χ0) is 18.1. The van der Waals surface area contributed by atoms with E-state index >= 15 is 0 Å². The number of hydrogen-bond donors (Lipinski definition) is 4. The van der Waals surface area contributed by atoms with Crippen LogP contribution in [0.5, 0.6) is 0 Å². The van der Waals surface area contributed by atoms with Gasteiger partial charge in [0.25, 0.3) is 0 Å². The zero-order valence-corrected chi connectivity index (χ0v) is 14.6. The number of nitrogens with zero attached hydrogens (tertiary/aromatic N) is 4. The van der Waals surface area contributed by atoms with E-state index in [-0.39, 0.29) is 6.61 Å². The van der Waals surface area contributed by atoms with E-state index < -0.39 is 24.5 Å². The molecule has 9 nitrogen and oxygen atoms in total. The van der Waals surface area contributed by atoms with Crippen molar-refractivity contribution in [3.63, 3.8) is 0 Å². The molecule has 1 saturated heterocycles. The quantitative estimate of drug-likeness (QED) is 0.478. The third kappa shape index (κ3) is 3.06. The highest BCUT2D eigenvalue weighted by Gasteiger charge is 2.44. The predicted octanol–water partition coefficient (Wildman–Crippen LogP) is 0.154. The van der Waals surface area contributed by atoms with Crippen LogP contribution in [0.4, 0.5) is 5.82 Å². The molecule has 0 spiro atoms. The van der Waals surface area contributed by atoms with Crippen LogP contribution in [0.1, 0.15) is 11.8 Å². The summed E-state index contributed by atoms with van der Waals surface area (Å²) >= 11 is 1.66. The number of thiophene rings is 1. The molecular formula is C16H19N5O4S. The fourth-order valence-corrected chi connectivity index (χ4v) is 3.74. The summed E-state index contributed by atoms with van der Waals surface area (Å²) in [6.07, 6.45) is -0.316. The molecule has 10 heteroatoms. The van der Waals surface area contributed by atoms with E-state index in [1.807, 2.05) is 5.38 Å². The van der Waals surface area contributed by atoms with Crippen molar-refractivity contribution >= 4 is 28.3 Å². The molecule has 0 unspecified atom stereocenters. The SMILES string of the molecule is OC[C@H]1O[C@@H](n2cnc3c(NCCc4ccsc4)ncnc32)[C@H](O)[C@@H]1O. The van der Waals surface area contributed by atoms with Crippen molar-refractivity contribution in [2.75, 3.05) is 18.5 Å². The van der Waals surface area contributed by atoms with Crippen molar-refractivity contribution in [1.29, 1.82) is 0 Å². The number of rotatable bonds is 6. The highest BCUT2D eigenvalue weighted by atomic mass is 32.1. The molecule has 0 amide bonds. The highest BCUT2D eigenvalue weighted by Crippen LogP contribution is 2.32. The number of nitrogens with one attached hydrogen (secondary N) is 1. The molecule has 0 saturated carbocycles. The molecule has 0 radical (unpaired) electrons. The van der Waals surface area contributed by atoms with Crippen LogP contribution in [0.25, 0.3) is 11.2 Å². The monoisotopic (exact) mass is 377 g/mol. The molecule has 3 aromatic rings. The first kappa shape index (κ1) is 17.3. The molecule has 4 N–H and O–H groups in total. The van der Waals surface area contributed by atoms with Gasteiger partial charge in [0.2, 0.25) is 0 Å². The van der Waals surface area contributed by atoms with Gasteiger partial charge >= 0.3 is 0 Å². The minimum Gasteiger partial charge on any atom is -0.394 e. The van der Waals surface area contributed by atoms with Gasteiger partial charge in [-0.2, -0.15) is 11.3 Å². The number of ether oxygens (including phenoxy) is 1. The van der Waals surface area contributed by atoms with Gasteiger partial charge in [-0.15, -0.1) is 0 Å². The molecule has 4 atom stereocenters. The van der Waals surface area contributed by atoms with E-state index in [9.17, 15) is 15.3 Å². The lowest BCUT2D eigenvalue weighted by molar-refractivity contribution is -0.0511. The highest BCUT2D eigenvalue weighted by molar-refractivity contribution is 7.07. The zero-order valence-electron chi connectivity index (χ0n) is 13.8. The van der Waals surface area contributed by atoms with Crippen LogP contribution in [0.2, 0.25) is 0 Å². The summed E-state index contributed by atoms with van der Waals surface area (Å²) in [7, 11) is 0. The first-order valence-corrected chi connectivity index (χ1v) is 9.18. The standard InChI is InChI=1S/C16H19N5O4S/c22-5-10-12(23)13(24)16(25-10)21-8-20-11-14(18-7-19-15(11)21)17-3-1-9-2-4-26-6-9/h2,4,6-8,10,12-13,16,22-24H,1,3,5H2,(H,17,18,19)/t10-,12-,13-,16-/m1/s1. The number of hydrogen-bond acceptors (Lipinski definition) is 9. The second-order valence-corrected chi connectivity index (χ2v) is 6.86. The van der Waals surface area contributed by atoms with Crippen molar-refractivity contribution in [2.24, 2.45) is 0 Å². The van der Waals surface area contributed by atoms with Gasteiger partial charge in [0.15, 0.2) is 23.2 Å². The minimum absolute atomic E-state index is 0.383. The van der Waals surface area contributed by atoms with E-state index in [1.165, 1.54) is 18.2 Å². The van der Waals surface area contributed by atoms with Crippen LogP contribution in [0, 0.1) is 0 Å². The molecule has 4 rings (SSSR count). The second-order valence-electron chi connectivity index (χ2n) is 6.08. The van der Waals surface area contributed by atoms with E-state index in [0.29, 0.717) is 23.5 Å². The van der Waals surface area contributed by atoms with Gasteiger partial charge in [-0.1, -0.05) is 0 Å². The molecule has 1 aliphatic heterocycles. The number of imidazole rings is 1. The van der Waals surface area contributed by atoms with E-state index in [1.54, 1.807) is 15.9 Å². The second kappa shape index (κ2) is 7.25. The largest absolute Gasteiger partial charge is 0.394 e. The molecular weight excluding hydrogens is 358 g/mol. The van der Waals surface area contributed by atoms with Crippen molar-refractivity contribution < 1.29 is 20.1 Å². The topological polar surface area (TPSA) is 126 Å². The fourth-order valence-electron chi connectivity index (χ4n) is 3.04. The van der Waals surface area contributed by atoms with E-state index in [4.69, 9.17) is 4.74 Å². The van der Waals surface area contributed by atoms with Crippen LogP contribution in [0.3, 0.4) is 0 Å². The maximum atomic E-state index is 10.2. The number of aromatic nitrogens is 4. The molecule has 26 heavy (non-hydrogen) atoms. The number of fused-ring (bicyclic) bond motifs is 1. The third-order valence-electron chi connectivity index (χ3n) is 4.44. The minimum atomic E-state index is -1.19. The summed E-state index contributed by atoms with van der Waals surface area (Å²) in [6, 6.07) is 2.08. The molecule has 3 aromatic heterocycles. The third-order valence-corrected chi connectivity index (χ3v) is 5.17. The Balaban J connectivity index is 1.55. The van der Waals surface area contributed by atoms with E-state index in [0.717, 1.165) is 6.42 Å². The van der Waals surface area contributed by atoms with Gasteiger partial charge in [-0.3, -0.25) is 4.57 Å². The molecule has 0 bridgehead atoms. The van der Waals surface area contributed by atoms with Crippen LogP contribution in [-0.4, -0.2) is 66.3 Å². The van der Waals surface area contributed by atoms with Gasteiger partial charge in [0.05, 0.1) is 12.9 Å². The van der Waals surface area contributed by atoms with Crippen molar-refractivity contribution in [1.82, 2.24) is 19.5 Å². The summed E-state index contributed by atoms with van der Waals surface area (Å²) in [5.74, 6) is 0.593. The molecule has 0 aromatic carbocycles. The van der Waals surface area contributed by atoms with Crippen molar-refractivity contribution in [3.8, 4) is 0 Å². The first-order valence-electron chi connectivity index (χ1n) is 8.24. The summed E-state index contributed by atoms with van der Waals surface area (Å²) in [5.41, 5.74) is 2.29. The van der Waals surface area contributed by atoms with Crippen LogP contribution >= 0.6 is 11.3 Å². The summed E-state index contributed by atoms with van der Waals surface area (Å²) in [4.78, 5) is 12.8. The maximum absolute atomic E-state index is 10.2. The molecule has 1 fully saturated rings. The van der Waals surface area contributed by atoms with Gasteiger partial charge in [0.1, 0.15) is 24.6 Å². The van der Waals surface area contributed by atoms with Gasteiger partial charge in [-0.25, -0.2) is 15.0 Å². The van der Waals surface area contributed by atoms with E-state index in [2.05, 4.69) is 31.7 Å². The average Bonchev–Trinajstić information content (AvgIpc) is 3.37. The maximum Gasteiger partial charge on any atom is 0.167 e. The van der Waals surface area contributed by atoms with Crippen molar-refractivity contribution in [2.45, 2.75) is 31.0 Å². The van der Waals surface area contributed by atoms with Crippen molar-refractivity contribution in [3.05, 3.63) is 35.0 Å². The Morgan fingerprint density at radius 1 is 1.23 bits per heavy atom. The predicted molar refractivity (Wildman–Crippen MR) is 94.8 cm³/mol. The molecule has 1 aliphatic rings. The Morgan fingerprint density at radius 2 is 2.12 bits per heavy atom. The summed E-state index contributed by atoms with van der Waals surface area (Å²) in [6.45, 7) is 0.315. The summed E-state index contributed by atoms with van der Waals surface area (Å²) in [5, 5.41) is 36.8. The lowest BCUT2D eigenvalue weighted by atomic mass is 10.1. The lowest BCUT2D eigenvalue weighted by Gasteiger charge is -2.16. The Hall–Kier alpha value is -2.11. The first-order chi connectivity index (χ1) is 12.7. The molecule has 0 aliphatic carbocycles. The Morgan fingerprint density at radius 3 is 2.85 bits per heavy atom. The molecule has 138 valence electrons. The Kier molecular flexibility index (Phi) is 4.83. The van der Waals surface area contributed by atoms with Gasteiger partial charge in [0, 0.05) is 6.54 Å². The van der Waals surface area contributed by atoms with Crippen LogP contribution in [0.15, 0.2) is 29.5 Å². The van der Waals surface area contributed by atoms with Gasteiger partial charge in [-0.05, 0) is 28.8 Å². The number of aliphatic hydroxyl groups excluding tert-OH is 3. The smallest absolute Gasteiger partial charge is 0.167 e. The van der Waals surface area contributed by atoms with Gasteiger partial charge < -0.3 is 25.4 Å². The normalized spacial score (nSPS) is 25.8. The summed E-state index contributed by atoms with van der Waals surface area (Å²) < 4.78 is 7.10. The lowest BCUT2D eigenvalue weighted by Crippen LogP contribution is -2.33. The average molecular weight is 377 g/mol. The fraction of sp³-hybridized carbons (Fsp3) is 0.438. The number of aliphatic hydroxyl groups is 3. The van der Waals surface area contributed by atoms with Crippen LogP contribution < -0.4 is 5.32 Å². The molecule has 4 heterocycles. The van der Waals surface area contributed by atoms with Crippen LogP contribution in [-0.2, 0) is 11.2 Å². The Labute approximate surface area is 152 Å². The Bertz CT molecular complexity index is 871.